The fourth-order valence-electron chi connectivity index (χ4n) is 2.16. The second-order valence-corrected chi connectivity index (χ2v) is 7.15. The van der Waals surface area contributed by atoms with Crippen molar-refractivity contribution in [2.75, 3.05) is 0 Å². The van der Waals surface area contributed by atoms with Crippen LogP contribution < -0.4 is 9.46 Å². The first-order chi connectivity index (χ1) is 11.6. The largest absolute Gasteiger partial charge is 0.425 e. The number of Topliss-reactive ketones (excluding diaryl/α,β-unsaturated/α-hetero) is 1. The van der Waals surface area contributed by atoms with Gasteiger partial charge in [-0.15, -0.1) is 0 Å². The molecule has 25 heavy (non-hydrogen) atoms. The summed E-state index contributed by atoms with van der Waals surface area (Å²) < 4.78 is 36.9. The van der Waals surface area contributed by atoms with E-state index in [0.29, 0.717) is 5.56 Å². The maximum atomic E-state index is 12.4. The fourth-order valence-corrected chi connectivity index (χ4v) is 3.68. The lowest BCUT2D eigenvalue weighted by Crippen LogP contribution is -2.41. The highest BCUT2D eigenvalue weighted by molar-refractivity contribution is 7.89. The smallest absolute Gasteiger partial charge is 0.329 e. The maximum absolute atomic E-state index is 12.4. The summed E-state index contributed by atoms with van der Waals surface area (Å²) in [4.78, 5) is 23.2. The lowest BCUT2D eigenvalue weighted by atomic mass is 10.1. The van der Waals surface area contributed by atoms with Crippen LogP contribution in [0.2, 0.25) is 0 Å². The molecule has 0 spiro atoms. The first kappa shape index (κ1) is 18.8. The van der Waals surface area contributed by atoms with E-state index in [0.717, 1.165) is 0 Å². The molecule has 1 aromatic carbocycles. The van der Waals surface area contributed by atoms with Crippen molar-refractivity contribution in [2.24, 2.45) is 0 Å². The second kappa shape index (κ2) is 7.16. The van der Waals surface area contributed by atoms with E-state index in [4.69, 9.17) is 9.26 Å². The number of aryl methyl sites for hydroxylation is 2. The van der Waals surface area contributed by atoms with Gasteiger partial charge in [0.2, 0.25) is 10.0 Å². The summed E-state index contributed by atoms with van der Waals surface area (Å²) in [5, 5.41) is 3.59. The summed E-state index contributed by atoms with van der Waals surface area (Å²) >= 11 is 0. The summed E-state index contributed by atoms with van der Waals surface area (Å²) in [6.07, 6.45) is 0. The standard InChI is InChI=1S/C16H18N2O6S/c1-9-15(12(4)24-17-9)25(21,22)18-10(2)16(20)23-14-7-5-13(6-8-14)11(3)19/h5-8,10,18H,1-4H3/t10-/m0/s1. The van der Waals surface area contributed by atoms with E-state index in [-0.39, 0.29) is 27.9 Å². The van der Waals surface area contributed by atoms with E-state index in [1.807, 2.05) is 0 Å². The molecule has 0 aliphatic carbocycles. The van der Waals surface area contributed by atoms with Gasteiger partial charge in [0, 0.05) is 5.56 Å². The third kappa shape index (κ3) is 4.31. The number of sulfonamides is 1. The van der Waals surface area contributed by atoms with Crippen LogP contribution in [-0.4, -0.2) is 31.4 Å². The summed E-state index contributed by atoms with van der Waals surface area (Å²) in [5.74, 6) is -0.562. The summed E-state index contributed by atoms with van der Waals surface area (Å²) in [5.41, 5.74) is 0.678. The molecule has 0 unspecified atom stereocenters. The summed E-state index contributed by atoms with van der Waals surface area (Å²) in [6, 6.07) is 4.83. The average molecular weight is 366 g/mol. The van der Waals surface area contributed by atoms with Gasteiger partial charge in [0.05, 0.1) is 0 Å². The summed E-state index contributed by atoms with van der Waals surface area (Å²) in [7, 11) is -3.98. The van der Waals surface area contributed by atoms with E-state index >= 15 is 0 Å². The Morgan fingerprint density at radius 3 is 2.28 bits per heavy atom. The third-order valence-corrected chi connectivity index (χ3v) is 5.19. The summed E-state index contributed by atoms with van der Waals surface area (Å²) in [6.45, 7) is 5.74. The van der Waals surface area contributed by atoms with Crippen LogP contribution in [-0.2, 0) is 14.8 Å². The number of rotatable bonds is 6. The molecule has 0 aliphatic rings. The van der Waals surface area contributed by atoms with Gasteiger partial charge in [-0.25, -0.2) is 13.2 Å². The zero-order valence-electron chi connectivity index (χ0n) is 14.2. The first-order valence-corrected chi connectivity index (χ1v) is 8.88. The number of esters is 1. The number of carbonyl (C=O) groups excluding carboxylic acids is 2. The lowest BCUT2D eigenvalue weighted by molar-refractivity contribution is -0.135. The van der Waals surface area contributed by atoms with Crippen LogP contribution in [0.1, 0.15) is 35.7 Å². The number of ketones is 1. The number of hydrogen-bond donors (Lipinski definition) is 1. The minimum absolute atomic E-state index is 0.0991. The topological polar surface area (TPSA) is 116 Å². The number of carbonyl (C=O) groups is 2. The zero-order chi connectivity index (χ0) is 18.8. The molecule has 2 rings (SSSR count). The molecule has 1 atom stereocenters. The quantitative estimate of drug-likeness (QED) is 0.470. The molecule has 0 bridgehead atoms. The molecule has 0 amide bonds. The second-order valence-electron chi connectivity index (χ2n) is 5.50. The third-order valence-electron chi connectivity index (χ3n) is 3.40. The first-order valence-electron chi connectivity index (χ1n) is 7.39. The molecule has 0 fully saturated rings. The lowest BCUT2D eigenvalue weighted by Gasteiger charge is -2.13. The van der Waals surface area contributed by atoms with Gasteiger partial charge in [0.1, 0.15) is 22.4 Å². The highest BCUT2D eigenvalue weighted by Crippen LogP contribution is 2.19. The van der Waals surface area contributed by atoms with E-state index < -0.39 is 22.0 Å². The number of ether oxygens (including phenoxy) is 1. The van der Waals surface area contributed by atoms with Gasteiger partial charge < -0.3 is 9.26 Å². The molecular formula is C16H18N2O6S. The Morgan fingerprint density at radius 1 is 1.20 bits per heavy atom. The van der Waals surface area contributed by atoms with Gasteiger partial charge in [0.25, 0.3) is 0 Å². The Bertz CT molecular complexity index is 880. The van der Waals surface area contributed by atoms with Crippen molar-refractivity contribution < 1.29 is 27.3 Å². The van der Waals surface area contributed by atoms with E-state index in [1.54, 1.807) is 0 Å². The minimum Gasteiger partial charge on any atom is -0.425 e. The Labute approximate surface area is 145 Å². The minimum atomic E-state index is -3.98. The highest BCUT2D eigenvalue weighted by Gasteiger charge is 2.28. The van der Waals surface area contributed by atoms with E-state index in [2.05, 4.69) is 9.88 Å². The van der Waals surface area contributed by atoms with Crippen molar-refractivity contribution >= 4 is 21.8 Å². The fraction of sp³-hybridized carbons (Fsp3) is 0.312. The van der Waals surface area contributed by atoms with Crippen LogP contribution in [0.3, 0.4) is 0 Å². The molecule has 0 saturated heterocycles. The zero-order valence-corrected chi connectivity index (χ0v) is 15.0. The van der Waals surface area contributed by atoms with Crippen LogP contribution in [0.25, 0.3) is 0 Å². The van der Waals surface area contributed by atoms with Crippen LogP contribution in [0.15, 0.2) is 33.7 Å². The van der Waals surface area contributed by atoms with Crippen LogP contribution in [0.5, 0.6) is 5.75 Å². The Morgan fingerprint density at radius 2 is 1.80 bits per heavy atom. The van der Waals surface area contributed by atoms with Gasteiger partial charge in [-0.05, 0) is 52.0 Å². The van der Waals surface area contributed by atoms with Crippen molar-refractivity contribution in [2.45, 2.75) is 38.6 Å². The van der Waals surface area contributed by atoms with Gasteiger partial charge in [-0.3, -0.25) is 4.79 Å². The van der Waals surface area contributed by atoms with Crippen molar-refractivity contribution in [3.05, 3.63) is 41.3 Å². The van der Waals surface area contributed by atoms with Gasteiger partial charge in [0.15, 0.2) is 11.5 Å². The van der Waals surface area contributed by atoms with Crippen molar-refractivity contribution in [1.82, 2.24) is 9.88 Å². The average Bonchev–Trinajstić information content (AvgIpc) is 2.87. The molecular weight excluding hydrogens is 348 g/mol. The molecule has 2 aromatic rings. The number of nitrogens with one attached hydrogen (secondary N) is 1. The Hall–Kier alpha value is -2.52. The number of hydrogen-bond acceptors (Lipinski definition) is 7. The molecule has 1 aromatic heterocycles. The molecule has 0 saturated carbocycles. The molecule has 9 heteroatoms. The highest BCUT2D eigenvalue weighted by atomic mass is 32.2. The molecule has 1 N–H and O–H groups in total. The maximum Gasteiger partial charge on any atom is 0.329 e. The molecule has 0 aliphatic heterocycles. The molecule has 8 nitrogen and oxygen atoms in total. The number of benzene rings is 1. The van der Waals surface area contributed by atoms with Crippen molar-refractivity contribution in [1.29, 1.82) is 0 Å². The van der Waals surface area contributed by atoms with Crippen molar-refractivity contribution in [3.63, 3.8) is 0 Å². The van der Waals surface area contributed by atoms with Gasteiger partial charge in [-0.1, -0.05) is 5.16 Å². The normalized spacial score (nSPS) is 12.6. The van der Waals surface area contributed by atoms with Gasteiger partial charge >= 0.3 is 5.97 Å². The predicted molar refractivity (Wildman–Crippen MR) is 87.8 cm³/mol. The number of nitrogens with zero attached hydrogens (tertiary/aromatic N) is 1. The SMILES string of the molecule is CC(=O)c1ccc(OC(=O)[C@H](C)NS(=O)(=O)c2c(C)noc2C)cc1. The van der Waals surface area contributed by atoms with Crippen molar-refractivity contribution in [3.8, 4) is 5.75 Å². The van der Waals surface area contributed by atoms with Crippen LogP contribution in [0.4, 0.5) is 0 Å². The Kier molecular flexibility index (Phi) is 5.39. The van der Waals surface area contributed by atoms with Crippen LogP contribution in [0, 0.1) is 13.8 Å². The van der Waals surface area contributed by atoms with Crippen LogP contribution >= 0.6 is 0 Å². The van der Waals surface area contributed by atoms with E-state index in [1.165, 1.54) is 52.0 Å². The predicted octanol–water partition coefficient (Wildman–Crippen LogP) is 1.77. The molecule has 134 valence electrons. The Balaban J connectivity index is 2.08. The monoisotopic (exact) mass is 366 g/mol. The molecule has 0 radical (unpaired) electrons. The molecule has 1 heterocycles. The number of aromatic nitrogens is 1. The van der Waals surface area contributed by atoms with E-state index in [9.17, 15) is 18.0 Å². The van der Waals surface area contributed by atoms with Gasteiger partial charge in [-0.2, -0.15) is 4.72 Å².